The molecule has 1 rings (SSSR count). The maximum Gasteiger partial charge on any atom is 0.159 e. The third-order valence-electron chi connectivity index (χ3n) is 1.53. The molecule has 2 N–H and O–H groups in total. The van der Waals surface area contributed by atoms with Crippen molar-refractivity contribution in [3.05, 3.63) is 41.6 Å². The van der Waals surface area contributed by atoms with E-state index >= 15 is 0 Å². The van der Waals surface area contributed by atoms with Gasteiger partial charge in [0.05, 0.1) is 11.9 Å². The maximum atomic E-state index is 12.8. The standard InChI is InChI=1S/C10H10F2N2/c1-7(13)10(12)6-14-9-4-2-8(11)3-5-9/h2-6H,13H2,1H3. The van der Waals surface area contributed by atoms with Gasteiger partial charge in [0.2, 0.25) is 0 Å². The monoisotopic (exact) mass is 196 g/mol. The predicted molar refractivity (Wildman–Crippen MR) is 52.5 cm³/mol. The van der Waals surface area contributed by atoms with Crippen molar-refractivity contribution in [3.8, 4) is 0 Å². The Kier molecular flexibility index (Phi) is 3.34. The lowest BCUT2D eigenvalue weighted by atomic mass is 10.3. The number of hydrogen-bond acceptors (Lipinski definition) is 2. The highest BCUT2D eigenvalue weighted by atomic mass is 19.1. The van der Waals surface area contributed by atoms with Gasteiger partial charge in [-0.3, -0.25) is 4.99 Å². The van der Waals surface area contributed by atoms with E-state index in [9.17, 15) is 8.78 Å². The van der Waals surface area contributed by atoms with Gasteiger partial charge in [0.15, 0.2) is 5.83 Å². The zero-order valence-electron chi connectivity index (χ0n) is 7.67. The molecule has 0 aliphatic carbocycles. The molecule has 14 heavy (non-hydrogen) atoms. The molecule has 74 valence electrons. The second kappa shape index (κ2) is 4.50. The van der Waals surface area contributed by atoms with Crippen LogP contribution in [0.15, 0.2) is 40.8 Å². The van der Waals surface area contributed by atoms with E-state index in [2.05, 4.69) is 4.99 Å². The Morgan fingerprint density at radius 2 is 1.93 bits per heavy atom. The molecule has 0 spiro atoms. The number of halogens is 2. The molecule has 0 aliphatic heterocycles. The lowest BCUT2D eigenvalue weighted by Gasteiger charge is -1.93. The number of nitrogens with zero attached hydrogens (tertiary/aromatic N) is 1. The minimum atomic E-state index is -0.589. The van der Waals surface area contributed by atoms with Gasteiger partial charge >= 0.3 is 0 Å². The number of rotatable bonds is 2. The minimum Gasteiger partial charge on any atom is -0.400 e. The Balaban J connectivity index is 2.79. The van der Waals surface area contributed by atoms with Crippen LogP contribution < -0.4 is 5.73 Å². The molecule has 0 saturated carbocycles. The van der Waals surface area contributed by atoms with Crippen LogP contribution in [0.5, 0.6) is 0 Å². The molecule has 4 heteroatoms. The molecule has 0 aliphatic rings. The third kappa shape index (κ3) is 2.97. The molecule has 0 radical (unpaired) electrons. The molecule has 1 aromatic rings. The number of nitrogens with two attached hydrogens (primary N) is 1. The van der Waals surface area contributed by atoms with Crippen molar-refractivity contribution in [1.82, 2.24) is 0 Å². The lowest BCUT2D eigenvalue weighted by Crippen LogP contribution is -1.94. The van der Waals surface area contributed by atoms with E-state index in [1.807, 2.05) is 0 Å². The molecule has 0 heterocycles. The zero-order valence-corrected chi connectivity index (χ0v) is 7.67. The number of benzene rings is 1. The van der Waals surface area contributed by atoms with Gasteiger partial charge < -0.3 is 5.73 Å². The van der Waals surface area contributed by atoms with Crippen molar-refractivity contribution in [2.45, 2.75) is 6.92 Å². The van der Waals surface area contributed by atoms with Gasteiger partial charge in [-0.15, -0.1) is 0 Å². The first kappa shape index (κ1) is 10.4. The second-order valence-corrected chi connectivity index (χ2v) is 2.77. The molecule has 0 amide bonds. The molecule has 0 fully saturated rings. The van der Waals surface area contributed by atoms with Crippen LogP contribution in [-0.2, 0) is 0 Å². The largest absolute Gasteiger partial charge is 0.400 e. The van der Waals surface area contributed by atoms with Crippen molar-refractivity contribution in [1.29, 1.82) is 0 Å². The SMILES string of the molecule is CC(N)=C(F)C=Nc1ccc(F)cc1. The molecule has 1 aromatic carbocycles. The number of allylic oxidation sites excluding steroid dienone is 2. The summed E-state index contributed by atoms with van der Waals surface area (Å²) < 4.78 is 25.3. The van der Waals surface area contributed by atoms with Crippen LogP contribution in [0.2, 0.25) is 0 Å². The fraction of sp³-hybridized carbons (Fsp3) is 0.100. The van der Waals surface area contributed by atoms with E-state index in [4.69, 9.17) is 5.73 Å². The Labute approximate surface area is 80.8 Å². The van der Waals surface area contributed by atoms with Crippen LogP contribution in [0.25, 0.3) is 0 Å². The molecular formula is C10H10F2N2. The third-order valence-corrected chi connectivity index (χ3v) is 1.53. The summed E-state index contributed by atoms with van der Waals surface area (Å²) in [5.41, 5.74) is 5.72. The minimum absolute atomic E-state index is 0.0656. The van der Waals surface area contributed by atoms with Crippen molar-refractivity contribution in [3.63, 3.8) is 0 Å². The van der Waals surface area contributed by atoms with Gasteiger partial charge in [-0.1, -0.05) is 0 Å². The molecule has 0 aromatic heterocycles. The van der Waals surface area contributed by atoms with E-state index in [1.165, 1.54) is 31.2 Å². The Morgan fingerprint density at radius 3 is 2.43 bits per heavy atom. The normalized spacial score (nSPS) is 13.1. The van der Waals surface area contributed by atoms with Gasteiger partial charge in [0, 0.05) is 5.70 Å². The Morgan fingerprint density at radius 1 is 1.36 bits per heavy atom. The molecule has 0 atom stereocenters. The number of hydrogen-bond donors (Lipinski definition) is 1. The van der Waals surface area contributed by atoms with Crippen molar-refractivity contribution < 1.29 is 8.78 Å². The average molecular weight is 196 g/mol. The van der Waals surface area contributed by atoms with Crippen LogP contribution in [0, 0.1) is 5.82 Å². The molecule has 0 unspecified atom stereocenters. The Bertz CT molecular complexity index is 362. The van der Waals surface area contributed by atoms with Crippen molar-refractivity contribution >= 4 is 11.9 Å². The van der Waals surface area contributed by atoms with E-state index in [0.717, 1.165) is 6.21 Å². The van der Waals surface area contributed by atoms with Gasteiger partial charge in [0.1, 0.15) is 5.82 Å². The highest BCUT2D eigenvalue weighted by Crippen LogP contribution is 2.12. The van der Waals surface area contributed by atoms with E-state index in [-0.39, 0.29) is 11.5 Å². The van der Waals surface area contributed by atoms with Crippen LogP contribution in [0.1, 0.15) is 6.92 Å². The molecule has 0 saturated heterocycles. The lowest BCUT2D eigenvalue weighted by molar-refractivity contribution is 0.628. The first-order chi connectivity index (χ1) is 6.59. The predicted octanol–water partition coefficient (Wildman–Crippen LogP) is 2.69. The van der Waals surface area contributed by atoms with Gasteiger partial charge in [-0.2, -0.15) is 0 Å². The zero-order chi connectivity index (χ0) is 10.6. The van der Waals surface area contributed by atoms with Gasteiger partial charge in [0.25, 0.3) is 0 Å². The van der Waals surface area contributed by atoms with E-state index in [0.29, 0.717) is 5.69 Å². The topological polar surface area (TPSA) is 38.4 Å². The summed E-state index contributed by atoms with van der Waals surface area (Å²) in [5, 5.41) is 0. The second-order valence-electron chi connectivity index (χ2n) is 2.77. The van der Waals surface area contributed by atoms with E-state index in [1.54, 1.807) is 0 Å². The quantitative estimate of drug-likeness (QED) is 0.725. The summed E-state index contributed by atoms with van der Waals surface area (Å²) in [4.78, 5) is 3.76. The molecular weight excluding hydrogens is 186 g/mol. The summed E-state index contributed by atoms with van der Waals surface area (Å²) in [7, 11) is 0. The summed E-state index contributed by atoms with van der Waals surface area (Å²) in [6.07, 6.45) is 1.00. The smallest absolute Gasteiger partial charge is 0.159 e. The molecule has 2 nitrogen and oxygen atoms in total. The van der Waals surface area contributed by atoms with Crippen LogP contribution in [0.3, 0.4) is 0 Å². The summed E-state index contributed by atoms with van der Waals surface area (Å²) >= 11 is 0. The average Bonchev–Trinajstić information content (AvgIpc) is 2.16. The van der Waals surface area contributed by atoms with Crippen LogP contribution >= 0.6 is 0 Å². The number of aliphatic imine (C=N–C) groups is 1. The fourth-order valence-corrected chi connectivity index (χ4v) is 0.760. The summed E-state index contributed by atoms with van der Waals surface area (Å²) in [6.45, 7) is 1.44. The van der Waals surface area contributed by atoms with Crippen LogP contribution in [-0.4, -0.2) is 6.21 Å². The Hall–Kier alpha value is -1.71. The highest BCUT2D eigenvalue weighted by Gasteiger charge is 1.93. The fourth-order valence-electron chi connectivity index (χ4n) is 0.760. The molecule has 0 bridgehead atoms. The highest BCUT2D eigenvalue weighted by molar-refractivity contribution is 5.79. The first-order valence-corrected chi connectivity index (χ1v) is 4.01. The summed E-state index contributed by atoms with van der Waals surface area (Å²) in [5.74, 6) is -0.940. The van der Waals surface area contributed by atoms with Gasteiger partial charge in [-0.25, -0.2) is 8.78 Å². The van der Waals surface area contributed by atoms with E-state index < -0.39 is 5.83 Å². The van der Waals surface area contributed by atoms with Crippen LogP contribution in [0.4, 0.5) is 14.5 Å². The van der Waals surface area contributed by atoms with Gasteiger partial charge in [-0.05, 0) is 31.2 Å². The first-order valence-electron chi connectivity index (χ1n) is 4.01. The summed E-state index contributed by atoms with van der Waals surface area (Å²) in [6, 6.07) is 5.41. The maximum absolute atomic E-state index is 12.8. The van der Waals surface area contributed by atoms with Crippen molar-refractivity contribution in [2.75, 3.05) is 0 Å². The van der Waals surface area contributed by atoms with Crippen molar-refractivity contribution in [2.24, 2.45) is 10.7 Å².